The second kappa shape index (κ2) is 7.15. The minimum absolute atomic E-state index is 0.0957. The maximum Gasteiger partial charge on any atom is 0.349 e. The van der Waals surface area contributed by atoms with E-state index in [4.69, 9.17) is 37.8 Å². The number of hydrogen-bond donors (Lipinski definition) is 1. The first-order valence-electron chi connectivity index (χ1n) is 6.07. The van der Waals surface area contributed by atoms with Gasteiger partial charge in [-0.25, -0.2) is 9.59 Å². The first-order chi connectivity index (χ1) is 10.5. The van der Waals surface area contributed by atoms with Gasteiger partial charge in [0, 0.05) is 10.0 Å². The molecule has 0 atom stereocenters. The number of carboxylic acids is 1. The van der Waals surface area contributed by atoms with E-state index in [-0.39, 0.29) is 22.9 Å². The lowest BCUT2D eigenvalue weighted by molar-refractivity contribution is -0.136. The van der Waals surface area contributed by atoms with Crippen LogP contribution in [0, 0.1) is 0 Å². The zero-order valence-corrected chi connectivity index (χ0v) is 12.6. The number of rotatable bonds is 5. The van der Waals surface area contributed by atoms with Gasteiger partial charge in [0.2, 0.25) is 0 Å². The van der Waals surface area contributed by atoms with Crippen LogP contribution in [0.3, 0.4) is 0 Å². The SMILES string of the molecule is O=C(COc1ccc(Cl)cc1)Oc1ccc(Cl)cc1C(=O)O. The van der Waals surface area contributed by atoms with Crippen LogP contribution in [-0.2, 0) is 4.79 Å². The van der Waals surface area contributed by atoms with Gasteiger partial charge in [-0.2, -0.15) is 0 Å². The van der Waals surface area contributed by atoms with Crippen LogP contribution in [0.15, 0.2) is 42.5 Å². The number of ether oxygens (including phenoxy) is 2. The predicted molar refractivity (Wildman–Crippen MR) is 81.0 cm³/mol. The highest BCUT2D eigenvalue weighted by atomic mass is 35.5. The first-order valence-corrected chi connectivity index (χ1v) is 6.83. The molecular weight excluding hydrogens is 331 g/mol. The molecule has 0 spiro atoms. The molecule has 0 radical (unpaired) electrons. The summed E-state index contributed by atoms with van der Waals surface area (Å²) < 4.78 is 10.2. The summed E-state index contributed by atoms with van der Waals surface area (Å²) in [6.45, 7) is -0.372. The highest BCUT2D eigenvalue weighted by Gasteiger charge is 2.15. The normalized spacial score (nSPS) is 10.1. The number of carbonyl (C=O) groups excluding carboxylic acids is 1. The molecule has 0 aromatic heterocycles. The fourth-order valence-electron chi connectivity index (χ4n) is 1.58. The lowest BCUT2D eigenvalue weighted by Gasteiger charge is -2.09. The zero-order chi connectivity index (χ0) is 16.1. The van der Waals surface area contributed by atoms with Gasteiger partial charge in [0.15, 0.2) is 6.61 Å². The molecule has 1 N–H and O–H groups in total. The molecule has 0 heterocycles. The largest absolute Gasteiger partial charge is 0.482 e. The van der Waals surface area contributed by atoms with E-state index < -0.39 is 11.9 Å². The third kappa shape index (κ3) is 4.38. The molecule has 7 heteroatoms. The summed E-state index contributed by atoms with van der Waals surface area (Å²) in [6, 6.07) is 10.4. The Morgan fingerprint density at radius 2 is 1.64 bits per heavy atom. The maximum absolute atomic E-state index is 11.7. The fourth-order valence-corrected chi connectivity index (χ4v) is 1.88. The second-order valence-electron chi connectivity index (χ2n) is 4.16. The summed E-state index contributed by atoms with van der Waals surface area (Å²) >= 11 is 11.4. The molecule has 2 aromatic carbocycles. The van der Waals surface area contributed by atoms with Gasteiger partial charge in [0.1, 0.15) is 17.1 Å². The molecule has 0 aliphatic carbocycles. The van der Waals surface area contributed by atoms with Crippen molar-refractivity contribution in [3.63, 3.8) is 0 Å². The number of hydrogen-bond acceptors (Lipinski definition) is 4. The number of carboxylic acid groups (broad SMARTS) is 1. The number of aromatic carboxylic acids is 1. The minimum Gasteiger partial charge on any atom is -0.482 e. The van der Waals surface area contributed by atoms with E-state index in [2.05, 4.69) is 0 Å². The van der Waals surface area contributed by atoms with Crippen molar-refractivity contribution < 1.29 is 24.2 Å². The Morgan fingerprint density at radius 1 is 1.00 bits per heavy atom. The molecule has 0 aliphatic heterocycles. The van der Waals surface area contributed by atoms with Crippen LogP contribution in [0.4, 0.5) is 0 Å². The highest BCUT2D eigenvalue weighted by Crippen LogP contribution is 2.23. The van der Waals surface area contributed by atoms with Gasteiger partial charge in [-0.3, -0.25) is 0 Å². The number of benzene rings is 2. The van der Waals surface area contributed by atoms with Crippen LogP contribution < -0.4 is 9.47 Å². The summed E-state index contributed by atoms with van der Waals surface area (Å²) in [4.78, 5) is 22.8. The smallest absolute Gasteiger partial charge is 0.349 e. The Bertz CT molecular complexity index is 698. The number of esters is 1. The zero-order valence-electron chi connectivity index (χ0n) is 11.1. The average molecular weight is 341 g/mol. The van der Waals surface area contributed by atoms with Crippen LogP contribution in [-0.4, -0.2) is 23.7 Å². The molecule has 2 rings (SSSR count). The van der Waals surface area contributed by atoms with Crippen LogP contribution in [0.1, 0.15) is 10.4 Å². The van der Waals surface area contributed by atoms with Gasteiger partial charge < -0.3 is 14.6 Å². The Morgan fingerprint density at radius 3 is 2.27 bits per heavy atom. The summed E-state index contributed by atoms with van der Waals surface area (Å²) in [5.41, 5.74) is -0.202. The van der Waals surface area contributed by atoms with Crippen LogP contribution in [0.5, 0.6) is 11.5 Å². The monoisotopic (exact) mass is 340 g/mol. The highest BCUT2D eigenvalue weighted by molar-refractivity contribution is 6.31. The summed E-state index contributed by atoms with van der Waals surface area (Å²) in [5.74, 6) is -1.64. The van der Waals surface area contributed by atoms with Gasteiger partial charge in [-0.15, -0.1) is 0 Å². The fraction of sp³-hybridized carbons (Fsp3) is 0.0667. The molecule has 0 saturated heterocycles. The topological polar surface area (TPSA) is 72.8 Å². The van der Waals surface area contributed by atoms with E-state index in [1.165, 1.54) is 18.2 Å². The van der Waals surface area contributed by atoms with Crippen LogP contribution in [0.2, 0.25) is 10.0 Å². The number of halogens is 2. The van der Waals surface area contributed by atoms with Crippen molar-refractivity contribution in [3.8, 4) is 11.5 Å². The van der Waals surface area contributed by atoms with Gasteiger partial charge in [-0.05, 0) is 42.5 Å². The van der Waals surface area contributed by atoms with Crippen molar-refractivity contribution in [2.45, 2.75) is 0 Å². The number of carbonyl (C=O) groups is 2. The third-order valence-corrected chi connectivity index (χ3v) is 3.05. The molecule has 2 aromatic rings. The van der Waals surface area contributed by atoms with E-state index in [1.807, 2.05) is 0 Å². The van der Waals surface area contributed by atoms with Crippen molar-refractivity contribution in [2.24, 2.45) is 0 Å². The lowest BCUT2D eigenvalue weighted by atomic mass is 10.2. The summed E-state index contributed by atoms with van der Waals surface area (Å²) in [7, 11) is 0. The Hall–Kier alpha value is -2.24. The van der Waals surface area contributed by atoms with Crippen LogP contribution in [0.25, 0.3) is 0 Å². The predicted octanol–water partition coefficient (Wildman–Crippen LogP) is 3.68. The van der Waals surface area contributed by atoms with Gasteiger partial charge in [0.25, 0.3) is 0 Å². The van der Waals surface area contributed by atoms with E-state index in [9.17, 15) is 9.59 Å². The van der Waals surface area contributed by atoms with E-state index in [1.54, 1.807) is 24.3 Å². The Kier molecular flexibility index (Phi) is 5.25. The maximum atomic E-state index is 11.7. The van der Waals surface area contributed by atoms with Crippen LogP contribution >= 0.6 is 23.2 Å². The Labute approximate surface area is 136 Å². The summed E-state index contributed by atoms with van der Waals surface area (Å²) in [6.07, 6.45) is 0. The first kappa shape index (κ1) is 16.1. The molecule has 0 aliphatic rings. The quantitative estimate of drug-likeness (QED) is 0.663. The van der Waals surface area contributed by atoms with Crippen molar-refractivity contribution in [2.75, 3.05) is 6.61 Å². The molecule has 0 fully saturated rings. The molecule has 0 unspecified atom stereocenters. The van der Waals surface area contributed by atoms with Crippen molar-refractivity contribution in [1.29, 1.82) is 0 Å². The van der Waals surface area contributed by atoms with E-state index in [0.29, 0.717) is 10.8 Å². The van der Waals surface area contributed by atoms with E-state index in [0.717, 1.165) is 0 Å². The van der Waals surface area contributed by atoms with Gasteiger partial charge >= 0.3 is 11.9 Å². The van der Waals surface area contributed by atoms with Crippen molar-refractivity contribution in [1.82, 2.24) is 0 Å². The average Bonchev–Trinajstić information content (AvgIpc) is 2.48. The minimum atomic E-state index is -1.25. The standard InChI is InChI=1S/C15H10Cl2O5/c16-9-1-4-11(5-2-9)21-8-14(18)22-13-6-3-10(17)7-12(13)15(19)20/h1-7H,8H2,(H,19,20). The van der Waals surface area contributed by atoms with Gasteiger partial charge in [0.05, 0.1) is 0 Å². The molecule has 5 nitrogen and oxygen atoms in total. The molecular formula is C15H10Cl2O5. The third-order valence-electron chi connectivity index (χ3n) is 2.57. The molecule has 114 valence electrons. The van der Waals surface area contributed by atoms with Crippen molar-refractivity contribution >= 4 is 35.1 Å². The molecule has 0 amide bonds. The van der Waals surface area contributed by atoms with Crippen molar-refractivity contribution in [3.05, 3.63) is 58.1 Å². The lowest BCUT2D eigenvalue weighted by Crippen LogP contribution is -2.19. The Balaban J connectivity index is 2.00. The second-order valence-corrected chi connectivity index (χ2v) is 5.04. The molecule has 22 heavy (non-hydrogen) atoms. The van der Waals surface area contributed by atoms with E-state index >= 15 is 0 Å². The summed E-state index contributed by atoms with van der Waals surface area (Å²) in [5, 5.41) is 9.82. The molecule has 0 saturated carbocycles. The van der Waals surface area contributed by atoms with Gasteiger partial charge in [-0.1, -0.05) is 23.2 Å². The molecule has 0 bridgehead atoms.